The summed E-state index contributed by atoms with van der Waals surface area (Å²) in [6.07, 6.45) is 0. The molecule has 2 rings (SSSR count). The van der Waals surface area contributed by atoms with Gasteiger partial charge in [-0.1, -0.05) is 17.7 Å². The van der Waals surface area contributed by atoms with Crippen LogP contribution in [0.2, 0.25) is 5.02 Å². The Kier molecular flexibility index (Phi) is 5.81. The van der Waals surface area contributed by atoms with Gasteiger partial charge in [-0.25, -0.2) is 18.0 Å². The smallest absolute Gasteiger partial charge is 0.341 e. The molecule has 0 spiro atoms. The maximum atomic E-state index is 13.4. The maximum absolute atomic E-state index is 13.4. The van der Waals surface area contributed by atoms with Crippen molar-refractivity contribution in [2.45, 2.75) is 6.54 Å². The number of rotatable bonds is 5. The van der Waals surface area contributed by atoms with E-state index in [0.717, 1.165) is 18.2 Å². The van der Waals surface area contributed by atoms with E-state index < -0.39 is 41.5 Å². The van der Waals surface area contributed by atoms with E-state index in [1.54, 1.807) is 0 Å². The topological polar surface area (TPSA) is 55.4 Å². The normalized spacial score (nSPS) is 10.3. The minimum atomic E-state index is -1.09. The van der Waals surface area contributed by atoms with E-state index in [9.17, 15) is 22.8 Å². The lowest BCUT2D eigenvalue weighted by atomic mass is 10.2. The molecule has 0 aliphatic rings. The number of amides is 1. The first-order valence-corrected chi connectivity index (χ1v) is 7.07. The third-order valence-corrected chi connectivity index (χ3v) is 3.33. The molecule has 2 aromatic carbocycles. The highest BCUT2D eigenvalue weighted by atomic mass is 35.5. The van der Waals surface area contributed by atoms with E-state index >= 15 is 0 Å². The Bertz CT molecular complexity index is 783. The molecule has 8 heteroatoms. The number of hydrogen-bond donors (Lipinski definition) is 1. The van der Waals surface area contributed by atoms with Gasteiger partial charge >= 0.3 is 5.97 Å². The number of nitrogens with one attached hydrogen (secondary N) is 1. The fraction of sp³-hybridized carbons (Fsp3) is 0.125. The van der Waals surface area contributed by atoms with Crippen molar-refractivity contribution in [3.8, 4) is 0 Å². The number of ether oxygens (including phenoxy) is 1. The SMILES string of the molecule is O=C(COC(=O)c1ccc(F)cc1F)NCc1ccc(F)cc1Cl. The molecule has 0 radical (unpaired) electrons. The van der Waals surface area contributed by atoms with Gasteiger partial charge in [-0.2, -0.15) is 0 Å². The summed E-state index contributed by atoms with van der Waals surface area (Å²) >= 11 is 5.80. The third-order valence-electron chi connectivity index (χ3n) is 2.98. The van der Waals surface area contributed by atoms with Crippen LogP contribution in [0.3, 0.4) is 0 Å². The van der Waals surface area contributed by atoms with Gasteiger partial charge in [0.15, 0.2) is 6.61 Å². The molecule has 4 nitrogen and oxygen atoms in total. The zero-order chi connectivity index (χ0) is 17.7. The van der Waals surface area contributed by atoms with Gasteiger partial charge in [0.25, 0.3) is 5.91 Å². The lowest BCUT2D eigenvalue weighted by molar-refractivity contribution is -0.124. The van der Waals surface area contributed by atoms with Crippen LogP contribution in [0.4, 0.5) is 13.2 Å². The van der Waals surface area contributed by atoms with Crippen molar-refractivity contribution in [2.75, 3.05) is 6.61 Å². The summed E-state index contributed by atoms with van der Waals surface area (Å²) in [5.74, 6) is -4.18. The number of carbonyl (C=O) groups is 2. The lowest BCUT2D eigenvalue weighted by Crippen LogP contribution is -2.28. The molecule has 1 N–H and O–H groups in total. The molecule has 0 fully saturated rings. The molecule has 0 aromatic heterocycles. The van der Waals surface area contributed by atoms with Crippen molar-refractivity contribution in [3.63, 3.8) is 0 Å². The first-order chi connectivity index (χ1) is 11.4. The standard InChI is InChI=1S/C16H11ClF3NO3/c17-13-5-10(18)2-1-9(13)7-21-15(22)8-24-16(23)12-4-3-11(19)6-14(12)20/h1-6H,7-8H2,(H,21,22). The highest BCUT2D eigenvalue weighted by Gasteiger charge is 2.15. The number of benzene rings is 2. The van der Waals surface area contributed by atoms with Gasteiger partial charge in [0, 0.05) is 17.6 Å². The second kappa shape index (κ2) is 7.83. The van der Waals surface area contributed by atoms with E-state index in [1.807, 2.05) is 0 Å². The van der Waals surface area contributed by atoms with Gasteiger partial charge in [-0.3, -0.25) is 4.79 Å². The predicted molar refractivity (Wildman–Crippen MR) is 79.9 cm³/mol. The highest BCUT2D eigenvalue weighted by Crippen LogP contribution is 2.16. The zero-order valence-electron chi connectivity index (χ0n) is 12.1. The van der Waals surface area contributed by atoms with Crippen LogP contribution in [0, 0.1) is 17.5 Å². The molecular formula is C16H11ClF3NO3. The summed E-state index contributed by atoms with van der Waals surface area (Å²) in [5, 5.41) is 2.55. The van der Waals surface area contributed by atoms with Crippen molar-refractivity contribution < 1.29 is 27.5 Å². The molecule has 2 aromatic rings. The fourth-order valence-electron chi connectivity index (χ4n) is 1.77. The van der Waals surface area contributed by atoms with Crippen LogP contribution in [0.1, 0.15) is 15.9 Å². The van der Waals surface area contributed by atoms with E-state index in [-0.39, 0.29) is 11.6 Å². The van der Waals surface area contributed by atoms with Crippen molar-refractivity contribution in [1.82, 2.24) is 5.32 Å². The average Bonchev–Trinajstić information content (AvgIpc) is 2.51. The Hall–Kier alpha value is -2.54. The minimum absolute atomic E-state index is 0.000403. The van der Waals surface area contributed by atoms with Crippen molar-refractivity contribution >= 4 is 23.5 Å². The predicted octanol–water partition coefficient (Wildman–Crippen LogP) is 3.23. The number of esters is 1. The van der Waals surface area contributed by atoms with Crippen LogP contribution in [0.15, 0.2) is 36.4 Å². The second-order valence-corrected chi connectivity index (χ2v) is 5.12. The van der Waals surface area contributed by atoms with Gasteiger partial charge in [0.2, 0.25) is 0 Å². The molecule has 0 saturated carbocycles. The summed E-state index contributed by atoms with van der Waals surface area (Å²) < 4.78 is 43.7. The van der Waals surface area contributed by atoms with E-state index in [1.165, 1.54) is 12.1 Å². The Morgan fingerprint density at radius 1 is 1.04 bits per heavy atom. The number of carbonyl (C=O) groups excluding carboxylic acids is 2. The Labute approximate surface area is 140 Å². The van der Waals surface area contributed by atoms with Crippen molar-refractivity contribution in [1.29, 1.82) is 0 Å². The van der Waals surface area contributed by atoms with Gasteiger partial charge in [0.1, 0.15) is 17.5 Å². The third kappa shape index (κ3) is 4.73. The summed E-state index contributed by atoms with van der Waals surface area (Å²) in [6.45, 7) is -0.658. The van der Waals surface area contributed by atoms with Gasteiger partial charge < -0.3 is 10.1 Å². The summed E-state index contributed by atoms with van der Waals surface area (Å²) in [6, 6.07) is 6.04. The van der Waals surface area contributed by atoms with Crippen molar-refractivity contribution in [3.05, 3.63) is 70.0 Å². The van der Waals surface area contributed by atoms with Crippen LogP contribution >= 0.6 is 11.6 Å². The molecule has 24 heavy (non-hydrogen) atoms. The van der Waals surface area contributed by atoms with Gasteiger partial charge in [0.05, 0.1) is 5.56 Å². The monoisotopic (exact) mass is 357 g/mol. The maximum Gasteiger partial charge on any atom is 0.341 e. The first kappa shape index (κ1) is 17.8. The highest BCUT2D eigenvalue weighted by molar-refractivity contribution is 6.31. The summed E-state index contributed by atoms with van der Waals surface area (Å²) in [4.78, 5) is 23.2. The van der Waals surface area contributed by atoms with Crippen LogP contribution in [0.25, 0.3) is 0 Å². The van der Waals surface area contributed by atoms with E-state index in [0.29, 0.717) is 11.6 Å². The van der Waals surface area contributed by atoms with Crippen LogP contribution in [-0.2, 0) is 16.1 Å². The van der Waals surface area contributed by atoms with Crippen LogP contribution in [-0.4, -0.2) is 18.5 Å². The fourth-order valence-corrected chi connectivity index (χ4v) is 2.01. The summed E-state index contributed by atoms with van der Waals surface area (Å²) in [5.41, 5.74) is -0.00639. The Balaban J connectivity index is 1.85. The quantitative estimate of drug-likeness (QED) is 0.836. The number of halogens is 4. The van der Waals surface area contributed by atoms with Crippen molar-refractivity contribution in [2.24, 2.45) is 0 Å². The van der Waals surface area contributed by atoms with Gasteiger partial charge in [-0.05, 0) is 29.8 Å². The van der Waals surface area contributed by atoms with Gasteiger partial charge in [-0.15, -0.1) is 0 Å². The van der Waals surface area contributed by atoms with E-state index in [4.69, 9.17) is 11.6 Å². The molecule has 0 bridgehead atoms. The Morgan fingerprint density at radius 2 is 1.71 bits per heavy atom. The lowest BCUT2D eigenvalue weighted by Gasteiger charge is -2.08. The van der Waals surface area contributed by atoms with Crippen LogP contribution in [0.5, 0.6) is 0 Å². The molecule has 0 aliphatic heterocycles. The average molecular weight is 358 g/mol. The largest absolute Gasteiger partial charge is 0.452 e. The second-order valence-electron chi connectivity index (χ2n) is 4.71. The number of hydrogen-bond acceptors (Lipinski definition) is 3. The molecule has 1 amide bonds. The summed E-state index contributed by atoms with van der Waals surface area (Å²) in [7, 11) is 0. The Morgan fingerprint density at radius 3 is 2.38 bits per heavy atom. The first-order valence-electron chi connectivity index (χ1n) is 6.69. The molecular weight excluding hydrogens is 347 g/mol. The zero-order valence-corrected chi connectivity index (χ0v) is 12.9. The minimum Gasteiger partial charge on any atom is -0.452 e. The molecule has 0 unspecified atom stereocenters. The molecule has 0 aliphatic carbocycles. The van der Waals surface area contributed by atoms with Crippen LogP contribution < -0.4 is 5.32 Å². The molecule has 126 valence electrons. The molecule has 0 atom stereocenters. The van der Waals surface area contributed by atoms with E-state index in [2.05, 4.69) is 10.1 Å². The molecule has 0 saturated heterocycles. The molecule has 0 heterocycles.